The van der Waals surface area contributed by atoms with Gasteiger partial charge < -0.3 is 10.1 Å². The first-order valence-electron chi connectivity index (χ1n) is 11.6. The minimum absolute atomic E-state index is 0.125. The molecule has 0 unspecified atom stereocenters. The lowest BCUT2D eigenvalue weighted by molar-refractivity contribution is -0.121. The van der Waals surface area contributed by atoms with Gasteiger partial charge in [0.2, 0.25) is 5.91 Å². The highest BCUT2D eigenvalue weighted by Gasteiger charge is 2.32. The van der Waals surface area contributed by atoms with Crippen LogP contribution in [0.2, 0.25) is 0 Å². The average Bonchev–Trinajstić information content (AvgIpc) is 3.33. The van der Waals surface area contributed by atoms with Gasteiger partial charge in [-0.2, -0.15) is 5.10 Å². The van der Waals surface area contributed by atoms with Gasteiger partial charge in [0.25, 0.3) is 0 Å². The molecule has 0 spiro atoms. The summed E-state index contributed by atoms with van der Waals surface area (Å²) in [5.74, 6) is 0.836. The molecule has 1 N–H and O–H groups in total. The van der Waals surface area contributed by atoms with E-state index in [-0.39, 0.29) is 23.5 Å². The molecule has 186 valence electrons. The number of amides is 1. The molecule has 2 atom stereocenters. The van der Waals surface area contributed by atoms with E-state index in [2.05, 4.69) is 10.4 Å². The van der Waals surface area contributed by atoms with E-state index < -0.39 is 15.9 Å². The van der Waals surface area contributed by atoms with Gasteiger partial charge in [0.05, 0.1) is 30.4 Å². The fraction of sp³-hybridized carbons (Fsp3) is 0.385. The zero-order chi connectivity index (χ0) is 25.2. The SMILES string of the molecule is COc1cccc(NC(=O)[C@H](c2ccccc2)N(C)Cc2c(C)nn([C@H]3CCS(=O)(=O)C3)c2C)c1. The molecule has 0 bridgehead atoms. The number of hydrogen-bond donors (Lipinski definition) is 1. The number of aromatic nitrogens is 2. The molecule has 0 aliphatic carbocycles. The maximum absolute atomic E-state index is 13.5. The highest BCUT2D eigenvalue weighted by Crippen LogP contribution is 2.30. The van der Waals surface area contributed by atoms with Crippen molar-refractivity contribution >= 4 is 21.4 Å². The van der Waals surface area contributed by atoms with Gasteiger partial charge in [-0.15, -0.1) is 0 Å². The first-order chi connectivity index (χ1) is 16.7. The standard InChI is InChI=1S/C26H32N4O4S/c1-18-24(19(2)30(28-18)22-13-14-35(32,33)17-22)16-29(3)25(20-9-6-5-7-10-20)26(31)27-21-11-8-12-23(15-21)34-4/h5-12,15,22,25H,13-14,16-17H2,1-4H3,(H,27,31)/t22-,25-/m0/s1. The molecule has 0 saturated carbocycles. The Bertz CT molecular complexity index is 1300. The van der Waals surface area contributed by atoms with Crippen LogP contribution in [0.15, 0.2) is 54.6 Å². The van der Waals surface area contributed by atoms with E-state index in [0.717, 1.165) is 22.5 Å². The summed E-state index contributed by atoms with van der Waals surface area (Å²) in [5.41, 5.74) is 4.33. The van der Waals surface area contributed by atoms with Gasteiger partial charge in [0, 0.05) is 29.6 Å². The number of likely N-dealkylation sites (N-methyl/N-ethyl adjacent to an activating group) is 1. The summed E-state index contributed by atoms with van der Waals surface area (Å²) in [6, 6.07) is 16.2. The van der Waals surface area contributed by atoms with Crippen molar-refractivity contribution in [3.8, 4) is 5.75 Å². The number of rotatable bonds is 8. The Morgan fingerprint density at radius 2 is 1.94 bits per heavy atom. The summed E-state index contributed by atoms with van der Waals surface area (Å²) in [6.07, 6.45) is 0.579. The molecule has 1 aliphatic heterocycles. The van der Waals surface area contributed by atoms with Crippen molar-refractivity contribution in [1.29, 1.82) is 0 Å². The van der Waals surface area contributed by atoms with Crippen LogP contribution in [0.4, 0.5) is 5.69 Å². The van der Waals surface area contributed by atoms with Gasteiger partial charge in [-0.05, 0) is 45.0 Å². The number of carbonyl (C=O) groups is 1. The number of sulfone groups is 1. The van der Waals surface area contributed by atoms with Crippen LogP contribution in [-0.2, 0) is 21.2 Å². The molecule has 1 saturated heterocycles. The predicted octanol–water partition coefficient (Wildman–Crippen LogP) is 3.68. The molecule has 1 aliphatic rings. The summed E-state index contributed by atoms with van der Waals surface area (Å²) in [5, 5.41) is 7.71. The second-order valence-corrected chi connectivity index (χ2v) is 11.3. The van der Waals surface area contributed by atoms with Gasteiger partial charge >= 0.3 is 0 Å². The Kier molecular flexibility index (Phi) is 7.28. The van der Waals surface area contributed by atoms with Crippen molar-refractivity contribution in [3.05, 3.63) is 77.1 Å². The molecular formula is C26H32N4O4S. The van der Waals surface area contributed by atoms with Crippen LogP contribution in [0.25, 0.3) is 0 Å². The zero-order valence-corrected chi connectivity index (χ0v) is 21.4. The quantitative estimate of drug-likeness (QED) is 0.511. The van der Waals surface area contributed by atoms with Crippen LogP contribution in [0.3, 0.4) is 0 Å². The Balaban J connectivity index is 1.60. The fourth-order valence-electron chi connectivity index (χ4n) is 4.74. The number of benzene rings is 2. The molecule has 4 rings (SSSR count). The van der Waals surface area contributed by atoms with Gasteiger partial charge in [-0.3, -0.25) is 14.4 Å². The molecule has 8 nitrogen and oxygen atoms in total. The number of nitrogens with zero attached hydrogens (tertiary/aromatic N) is 3. The first-order valence-corrected chi connectivity index (χ1v) is 13.5. The smallest absolute Gasteiger partial charge is 0.246 e. The van der Waals surface area contributed by atoms with Crippen molar-refractivity contribution in [2.24, 2.45) is 0 Å². The third kappa shape index (κ3) is 5.57. The van der Waals surface area contributed by atoms with E-state index in [4.69, 9.17) is 4.74 Å². The zero-order valence-electron chi connectivity index (χ0n) is 20.6. The largest absolute Gasteiger partial charge is 0.497 e. The maximum atomic E-state index is 13.5. The fourth-order valence-corrected chi connectivity index (χ4v) is 6.44. The molecule has 3 aromatic rings. The monoisotopic (exact) mass is 496 g/mol. The summed E-state index contributed by atoms with van der Waals surface area (Å²) in [7, 11) is 0.491. The molecular weight excluding hydrogens is 464 g/mol. The van der Waals surface area contributed by atoms with Crippen molar-refractivity contribution < 1.29 is 17.9 Å². The number of carbonyl (C=O) groups excluding carboxylic acids is 1. The third-order valence-electron chi connectivity index (χ3n) is 6.58. The van der Waals surface area contributed by atoms with Gasteiger partial charge in [-0.1, -0.05) is 36.4 Å². The van der Waals surface area contributed by atoms with Crippen LogP contribution in [0.5, 0.6) is 5.75 Å². The minimum atomic E-state index is -3.02. The van der Waals surface area contributed by atoms with E-state index >= 15 is 0 Å². The van der Waals surface area contributed by atoms with Crippen LogP contribution < -0.4 is 10.1 Å². The summed E-state index contributed by atoms with van der Waals surface area (Å²) in [4.78, 5) is 15.5. The number of anilines is 1. The number of ether oxygens (including phenoxy) is 1. The number of aryl methyl sites for hydroxylation is 1. The number of hydrogen-bond acceptors (Lipinski definition) is 6. The lowest BCUT2D eigenvalue weighted by Gasteiger charge is -2.28. The molecule has 1 aromatic heterocycles. The van der Waals surface area contributed by atoms with E-state index in [1.807, 2.05) is 79.0 Å². The van der Waals surface area contributed by atoms with Crippen molar-refractivity contribution in [2.45, 2.75) is 38.9 Å². The molecule has 9 heteroatoms. The lowest BCUT2D eigenvalue weighted by Crippen LogP contribution is -2.34. The minimum Gasteiger partial charge on any atom is -0.497 e. The molecule has 1 fully saturated rings. The summed E-state index contributed by atoms with van der Waals surface area (Å²) >= 11 is 0. The third-order valence-corrected chi connectivity index (χ3v) is 8.33. The van der Waals surface area contributed by atoms with Gasteiger partial charge in [0.15, 0.2) is 9.84 Å². The second kappa shape index (κ2) is 10.2. The molecule has 2 heterocycles. The maximum Gasteiger partial charge on any atom is 0.246 e. The Morgan fingerprint density at radius 3 is 2.60 bits per heavy atom. The number of nitrogens with one attached hydrogen (secondary N) is 1. The van der Waals surface area contributed by atoms with Crippen molar-refractivity contribution in [3.63, 3.8) is 0 Å². The lowest BCUT2D eigenvalue weighted by atomic mass is 10.0. The Labute approximate surface area is 206 Å². The predicted molar refractivity (Wildman–Crippen MR) is 136 cm³/mol. The Hall–Kier alpha value is -3.17. The van der Waals surface area contributed by atoms with Crippen LogP contribution in [0.1, 0.15) is 41.0 Å². The molecule has 35 heavy (non-hydrogen) atoms. The van der Waals surface area contributed by atoms with E-state index in [1.165, 1.54) is 0 Å². The molecule has 1 amide bonds. The number of methoxy groups -OCH3 is 1. The van der Waals surface area contributed by atoms with Crippen LogP contribution in [-0.4, -0.2) is 54.7 Å². The summed E-state index contributed by atoms with van der Waals surface area (Å²) < 4.78 is 31.2. The van der Waals surface area contributed by atoms with E-state index in [1.54, 1.807) is 13.2 Å². The topological polar surface area (TPSA) is 93.5 Å². The summed E-state index contributed by atoms with van der Waals surface area (Å²) in [6.45, 7) is 4.40. The van der Waals surface area contributed by atoms with Crippen molar-refractivity contribution in [1.82, 2.24) is 14.7 Å². The van der Waals surface area contributed by atoms with Gasteiger partial charge in [0.1, 0.15) is 11.8 Å². The average molecular weight is 497 g/mol. The van der Waals surface area contributed by atoms with Gasteiger partial charge in [-0.25, -0.2) is 8.42 Å². The van der Waals surface area contributed by atoms with Crippen LogP contribution in [0, 0.1) is 13.8 Å². The molecule has 0 radical (unpaired) electrons. The second-order valence-electron chi connectivity index (χ2n) is 9.10. The van der Waals surface area contributed by atoms with Crippen molar-refractivity contribution in [2.75, 3.05) is 31.0 Å². The van der Waals surface area contributed by atoms with Crippen LogP contribution >= 0.6 is 0 Å². The van der Waals surface area contributed by atoms with E-state index in [0.29, 0.717) is 24.4 Å². The first kappa shape index (κ1) is 24.9. The highest BCUT2D eigenvalue weighted by atomic mass is 32.2. The normalized spacial score (nSPS) is 17.9. The molecule has 2 aromatic carbocycles. The Morgan fingerprint density at radius 1 is 1.20 bits per heavy atom. The highest BCUT2D eigenvalue weighted by molar-refractivity contribution is 7.91. The van der Waals surface area contributed by atoms with E-state index in [9.17, 15) is 13.2 Å².